The molecule has 0 aliphatic rings. The lowest BCUT2D eigenvalue weighted by Crippen LogP contribution is -2.33. The van der Waals surface area contributed by atoms with Crippen molar-refractivity contribution in [2.24, 2.45) is 0 Å². The Kier molecular flexibility index (Phi) is 7.72. The average molecular weight is 418 g/mol. The fourth-order valence-corrected chi connectivity index (χ4v) is 1.86. The van der Waals surface area contributed by atoms with Crippen LogP contribution in [0.3, 0.4) is 0 Å². The molecular formula is C15H19IN2O4. The quantitative estimate of drug-likeness (QED) is 0.545. The molecule has 7 heteroatoms. The number of likely N-dealkylation sites (N-methyl/N-ethyl adjacent to an activating group) is 1. The van der Waals surface area contributed by atoms with E-state index in [-0.39, 0.29) is 25.6 Å². The number of carboxylic acid groups (broad SMARTS) is 1. The highest BCUT2D eigenvalue weighted by Gasteiger charge is 2.10. The lowest BCUT2D eigenvalue weighted by atomic mass is 10.3. The third-order valence-electron chi connectivity index (χ3n) is 2.74. The van der Waals surface area contributed by atoms with Gasteiger partial charge in [0.05, 0.1) is 6.54 Å². The van der Waals surface area contributed by atoms with Gasteiger partial charge < -0.3 is 19.6 Å². The topological polar surface area (TPSA) is 70.1 Å². The number of carbonyl (C=O) groups excluding carboxylic acids is 1. The van der Waals surface area contributed by atoms with Gasteiger partial charge in [-0.15, -0.1) is 0 Å². The van der Waals surface area contributed by atoms with Gasteiger partial charge in [-0.05, 0) is 46.9 Å². The Balaban J connectivity index is 2.42. The van der Waals surface area contributed by atoms with Gasteiger partial charge in [-0.1, -0.05) is 6.08 Å². The first-order valence-electron chi connectivity index (χ1n) is 6.64. The molecule has 22 heavy (non-hydrogen) atoms. The minimum absolute atomic E-state index is 0.144. The number of halogens is 1. The number of hydrogen-bond donors (Lipinski definition) is 1. The molecule has 120 valence electrons. The van der Waals surface area contributed by atoms with Crippen molar-refractivity contribution in [1.29, 1.82) is 0 Å². The van der Waals surface area contributed by atoms with Crippen molar-refractivity contribution in [3.63, 3.8) is 0 Å². The van der Waals surface area contributed by atoms with Crippen LogP contribution in [0.1, 0.15) is 0 Å². The molecule has 0 saturated carbocycles. The van der Waals surface area contributed by atoms with E-state index in [1.807, 2.05) is 24.3 Å². The molecule has 1 N–H and O–H groups in total. The lowest BCUT2D eigenvalue weighted by Gasteiger charge is -2.17. The first-order valence-corrected chi connectivity index (χ1v) is 7.72. The molecule has 0 radical (unpaired) electrons. The number of nitrogens with zero attached hydrogens (tertiary/aromatic N) is 2. The van der Waals surface area contributed by atoms with Crippen molar-refractivity contribution in [3.05, 3.63) is 40.0 Å². The Morgan fingerprint density at radius 1 is 1.27 bits per heavy atom. The average Bonchev–Trinajstić information content (AvgIpc) is 2.47. The Morgan fingerprint density at radius 2 is 1.91 bits per heavy atom. The van der Waals surface area contributed by atoms with Gasteiger partial charge in [-0.2, -0.15) is 0 Å². The van der Waals surface area contributed by atoms with Crippen LogP contribution in [0.4, 0.5) is 4.79 Å². The molecule has 0 saturated heterocycles. The number of ether oxygens (including phenoxy) is 1. The predicted octanol–water partition coefficient (Wildman–Crippen LogP) is 2.29. The molecule has 0 atom stereocenters. The SMILES string of the molecule is CN(C)C(=O)/C=C\CN(CCOc1ccc(I)cc1)C(=O)O. The standard InChI is InChI=1S/C15H19IN2O4/c1-17(2)14(19)4-3-9-18(15(20)21)10-11-22-13-7-5-12(16)6-8-13/h3-8H,9-11H2,1-2H3,(H,20,21)/b4-3-. The van der Waals surface area contributed by atoms with Gasteiger partial charge >= 0.3 is 6.09 Å². The molecular weight excluding hydrogens is 399 g/mol. The van der Waals surface area contributed by atoms with Crippen LogP contribution < -0.4 is 4.74 Å². The summed E-state index contributed by atoms with van der Waals surface area (Å²) < 4.78 is 6.60. The summed E-state index contributed by atoms with van der Waals surface area (Å²) in [7, 11) is 3.27. The van der Waals surface area contributed by atoms with Gasteiger partial charge in [0.1, 0.15) is 12.4 Å². The zero-order chi connectivity index (χ0) is 16.5. The van der Waals surface area contributed by atoms with E-state index < -0.39 is 6.09 Å². The number of amides is 2. The number of hydrogen-bond acceptors (Lipinski definition) is 3. The zero-order valence-corrected chi connectivity index (χ0v) is 14.7. The number of carbonyl (C=O) groups is 2. The van der Waals surface area contributed by atoms with Crippen molar-refractivity contribution in [2.45, 2.75) is 0 Å². The van der Waals surface area contributed by atoms with Crippen LogP contribution in [0.2, 0.25) is 0 Å². The van der Waals surface area contributed by atoms with E-state index in [0.717, 1.165) is 3.57 Å². The highest BCUT2D eigenvalue weighted by molar-refractivity contribution is 14.1. The van der Waals surface area contributed by atoms with E-state index in [2.05, 4.69) is 22.6 Å². The summed E-state index contributed by atoms with van der Waals surface area (Å²) in [5, 5.41) is 9.12. The molecule has 0 unspecified atom stereocenters. The van der Waals surface area contributed by atoms with Crippen LogP contribution >= 0.6 is 22.6 Å². The number of rotatable bonds is 7. The largest absolute Gasteiger partial charge is 0.492 e. The Bertz CT molecular complexity index is 529. The van der Waals surface area contributed by atoms with Crippen LogP contribution in [0.15, 0.2) is 36.4 Å². The molecule has 6 nitrogen and oxygen atoms in total. The fraction of sp³-hybridized carbons (Fsp3) is 0.333. The second-order valence-corrected chi connectivity index (χ2v) is 5.91. The summed E-state index contributed by atoms with van der Waals surface area (Å²) in [5.74, 6) is 0.518. The van der Waals surface area contributed by atoms with Gasteiger partial charge in [0.25, 0.3) is 0 Å². The molecule has 0 bridgehead atoms. The fourth-order valence-electron chi connectivity index (χ4n) is 1.50. The molecule has 0 aromatic heterocycles. The molecule has 1 aromatic rings. The first kappa shape index (κ1) is 18.3. The van der Waals surface area contributed by atoms with Crippen molar-refractivity contribution in [3.8, 4) is 5.75 Å². The summed E-state index contributed by atoms with van der Waals surface area (Å²) in [5.41, 5.74) is 0. The number of benzene rings is 1. The van der Waals surface area contributed by atoms with Crippen LogP contribution in [0.5, 0.6) is 5.75 Å². The Labute approximate surface area is 143 Å². The summed E-state index contributed by atoms with van der Waals surface area (Å²) >= 11 is 2.20. The molecule has 1 aromatic carbocycles. The monoisotopic (exact) mass is 418 g/mol. The minimum Gasteiger partial charge on any atom is -0.492 e. The second-order valence-electron chi connectivity index (χ2n) is 4.67. The maximum absolute atomic E-state index is 11.4. The molecule has 0 fully saturated rings. The molecule has 0 heterocycles. The zero-order valence-electron chi connectivity index (χ0n) is 12.5. The maximum atomic E-state index is 11.4. The summed E-state index contributed by atoms with van der Waals surface area (Å²) in [6.45, 7) is 0.620. The normalized spacial score (nSPS) is 10.5. The molecule has 2 amide bonds. The smallest absolute Gasteiger partial charge is 0.407 e. The maximum Gasteiger partial charge on any atom is 0.407 e. The predicted molar refractivity (Wildman–Crippen MR) is 92.1 cm³/mol. The van der Waals surface area contributed by atoms with Crippen LogP contribution in [0, 0.1) is 3.57 Å². The Hall–Kier alpha value is -1.77. The van der Waals surface area contributed by atoms with Gasteiger partial charge in [0, 0.05) is 30.3 Å². The van der Waals surface area contributed by atoms with Gasteiger partial charge in [-0.3, -0.25) is 4.79 Å². The molecule has 0 aliphatic heterocycles. The van der Waals surface area contributed by atoms with Crippen LogP contribution in [-0.2, 0) is 4.79 Å². The van der Waals surface area contributed by atoms with Crippen molar-refractivity contribution >= 4 is 34.6 Å². The van der Waals surface area contributed by atoms with Gasteiger partial charge in [0.2, 0.25) is 5.91 Å². The van der Waals surface area contributed by atoms with Crippen molar-refractivity contribution in [2.75, 3.05) is 33.8 Å². The summed E-state index contributed by atoms with van der Waals surface area (Å²) in [6, 6.07) is 7.51. The van der Waals surface area contributed by atoms with Crippen LogP contribution in [0.25, 0.3) is 0 Å². The van der Waals surface area contributed by atoms with E-state index in [0.29, 0.717) is 5.75 Å². The van der Waals surface area contributed by atoms with Crippen LogP contribution in [-0.4, -0.2) is 60.7 Å². The third-order valence-corrected chi connectivity index (χ3v) is 3.46. The van der Waals surface area contributed by atoms with E-state index in [1.54, 1.807) is 14.1 Å². The lowest BCUT2D eigenvalue weighted by molar-refractivity contribution is -0.123. The van der Waals surface area contributed by atoms with Gasteiger partial charge in [0.15, 0.2) is 0 Å². The van der Waals surface area contributed by atoms with Crippen molar-refractivity contribution < 1.29 is 19.4 Å². The van der Waals surface area contributed by atoms with Crippen molar-refractivity contribution in [1.82, 2.24) is 9.80 Å². The highest BCUT2D eigenvalue weighted by atomic mass is 127. The third kappa shape index (κ3) is 6.79. The Morgan fingerprint density at radius 3 is 2.45 bits per heavy atom. The van der Waals surface area contributed by atoms with Gasteiger partial charge in [-0.25, -0.2) is 4.79 Å². The summed E-state index contributed by atoms with van der Waals surface area (Å²) in [4.78, 5) is 25.1. The van der Waals surface area contributed by atoms with E-state index in [1.165, 1.54) is 22.0 Å². The second kappa shape index (κ2) is 9.29. The summed E-state index contributed by atoms with van der Waals surface area (Å²) in [6.07, 6.45) is 1.84. The van der Waals surface area contributed by atoms with E-state index >= 15 is 0 Å². The minimum atomic E-state index is -1.05. The van der Waals surface area contributed by atoms with E-state index in [9.17, 15) is 9.59 Å². The molecule has 0 aliphatic carbocycles. The molecule has 1 rings (SSSR count). The first-order chi connectivity index (χ1) is 10.4. The van der Waals surface area contributed by atoms with E-state index in [4.69, 9.17) is 9.84 Å². The highest BCUT2D eigenvalue weighted by Crippen LogP contribution is 2.13. The molecule has 0 spiro atoms.